The van der Waals surface area contributed by atoms with Crippen molar-refractivity contribution in [3.8, 4) is 0 Å². The molecule has 2 heterocycles. The summed E-state index contributed by atoms with van der Waals surface area (Å²) in [6.45, 7) is 3.68. The number of anilines is 1. The number of esters is 1. The molecule has 11 heteroatoms. The van der Waals surface area contributed by atoms with E-state index in [0.29, 0.717) is 5.69 Å². The maximum atomic E-state index is 13.1. The average molecular weight is 562 g/mol. The van der Waals surface area contributed by atoms with Gasteiger partial charge < -0.3 is 9.64 Å². The second-order valence-electron chi connectivity index (χ2n) is 9.67. The zero-order chi connectivity index (χ0) is 28.6. The van der Waals surface area contributed by atoms with Crippen molar-refractivity contribution in [2.24, 2.45) is 0 Å². The molecule has 3 aromatic carbocycles. The van der Waals surface area contributed by atoms with Gasteiger partial charge in [-0.05, 0) is 55.8 Å². The number of rotatable bonds is 6. The van der Waals surface area contributed by atoms with E-state index < -0.39 is 40.3 Å². The molecule has 206 valence electrons. The topological polar surface area (TPSA) is 121 Å². The number of para-hydroxylation sites is 1. The van der Waals surface area contributed by atoms with Crippen LogP contribution in [0.15, 0.2) is 71.6 Å². The van der Waals surface area contributed by atoms with Crippen molar-refractivity contribution in [3.05, 3.63) is 94.5 Å². The van der Waals surface area contributed by atoms with E-state index in [1.54, 1.807) is 55.5 Å². The van der Waals surface area contributed by atoms with Crippen LogP contribution in [0.25, 0.3) is 0 Å². The van der Waals surface area contributed by atoms with Crippen LogP contribution in [0.1, 0.15) is 42.2 Å². The first-order chi connectivity index (χ1) is 19.1. The first kappa shape index (κ1) is 27.2. The van der Waals surface area contributed by atoms with Gasteiger partial charge >= 0.3 is 5.97 Å². The molecule has 1 saturated heterocycles. The van der Waals surface area contributed by atoms with E-state index in [1.807, 2.05) is 6.92 Å². The van der Waals surface area contributed by atoms with E-state index in [-0.39, 0.29) is 47.8 Å². The summed E-state index contributed by atoms with van der Waals surface area (Å²) in [6, 6.07) is 17.7. The SMILES string of the molecule is Cc1ccc(S(=O)(=O)N2CCN(C(=O)COC(=O)c3ccc4c(c3)C(=O)N(c3ccccc3C)C4=O)CC2)cc1. The van der Waals surface area contributed by atoms with Crippen LogP contribution in [0.5, 0.6) is 0 Å². The summed E-state index contributed by atoms with van der Waals surface area (Å²) in [6.07, 6.45) is 0. The highest BCUT2D eigenvalue weighted by molar-refractivity contribution is 7.89. The molecule has 0 unspecified atom stereocenters. The predicted octanol–water partition coefficient (Wildman–Crippen LogP) is 2.79. The molecule has 0 radical (unpaired) electrons. The summed E-state index contributed by atoms with van der Waals surface area (Å²) in [5, 5.41) is 0. The minimum absolute atomic E-state index is 0.0355. The molecular formula is C29H27N3O7S. The molecule has 0 spiro atoms. The number of hydrogen-bond acceptors (Lipinski definition) is 7. The number of carbonyl (C=O) groups is 4. The van der Waals surface area contributed by atoms with Crippen molar-refractivity contribution in [1.82, 2.24) is 9.21 Å². The van der Waals surface area contributed by atoms with E-state index >= 15 is 0 Å². The van der Waals surface area contributed by atoms with Crippen LogP contribution in [0, 0.1) is 13.8 Å². The lowest BCUT2D eigenvalue weighted by molar-refractivity contribution is -0.135. The molecule has 1 fully saturated rings. The van der Waals surface area contributed by atoms with Crippen molar-refractivity contribution >= 4 is 39.4 Å². The summed E-state index contributed by atoms with van der Waals surface area (Å²) < 4.78 is 32.3. The molecule has 10 nitrogen and oxygen atoms in total. The first-order valence-corrected chi connectivity index (χ1v) is 14.1. The summed E-state index contributed by atoms with van der Waals surface area (Å²) in [7, 11) is -3.67. The Morgan fingerprint density at radius 1 is 0.825 bits per heavy atom. The smallest absolute Gasteiger partial charge is 0.338 e. The van der Waals surface area contributed by atoms with Crippen LogP contribution in [0.2, 0.25) is 0 Å². The van der Waals surface area contributed by atoms with Crippen LogP contribution in [-0.2, 0) is 19.6 Å². The number of aryl methyl sites for hydroxylation is 2. The predicted molar refractivity (Wildman–Crippen MR) is 146 cm³/mol. The lowest BCUT2D eigenvalue weighted by atomic mass is 10.1. The largest absolute Gasteiger partial charge is 0.452 e. The van der Waals surface area contributed by atoms with Crippen molar-refractivity contribution in [2.45, 2.75) is 18.7 Å². The Balaban J connectivity index is 1.18. The van der Waals surface area contributed by atoms with Crippen molar-refractivity contribution in [3.63, 3.8) is 0 Å². The number of hydrogen-bond donors (Lipinski definition) is 0. The number of nitrogens with zero attached hydrogens (tertiary/aromatic N) is 3. The van der Waals surface area contributed by atoms with Crippen LogP contribution in [0.3, 0.4) is 0 Å². The molecule has 40 heavy (non-hydrogen) atoms. The Morgan fingerprint density at radius 3 is 2.15 bits per heavy atom. The Labute approximate surface area is 231 Å². The number of ether oxygens (including phenoxy) is 1. The van der Waals surface area contributed by atoms with Gasteiger partial charge in [0.2, 0.25) is 10.0 Å². The quantitative estimate of drug-likeness (QED) is 0.335. The molecule has 0 N–H and O–H groups in total. The highest BCUT2D eigenvalue weighted by Crippen LogP contribution is 2.31. The minimum Gasteiger partial charge on any atom is -0.452 e. The minimum atomic E-state index is -3.67. The molecule has 3 amide bonds. The Hall–Kier alpha value is -4.35. The fraction of sp³-hybridized carbons (Fsp3) is 0.241. The lowest BCUT2D eigenvalue weighted by Gasteiger charge is -2.33. The second kappa shape index (κ2) is 10.7. The maximum absolute atomic E-state index is 13.1. The number of imide groups is 1. The van der Waals surface area contributed by atoms with Crippen LogP contribution in [0.4, 0.5) is 5.69 Å². The van der Waals surface area contributed by atoms with Crippen LogP contribution >= 0.6 is 0 Å². The van der Waals surface area contributed by atoms with E-state index in [2.05, 4.69) is 0 Å². The number of piperazine rings is 1. The second-order valence-corrected chi connectivity index (χ2v) is 11.6. The zero-order valence-corrected chi connectivity index (χ0v) is 22.8. The number of fused-ring (bicyclic) bond motifs is 1. The van der Waals surface area contributed by atoms with Gasteiger partial charge in [-0.3, -0.25) is 14.4 Å². The van der Waals surface area contributed by atoms with Gasteiger partial charge in [-0.15, -0.1) is 0 Å². The highest BCUT2D eigenvalue weighted by Gasteiger charge is 2.38. The molecule has 2 aliphatic heterocycles. The molecule has 0 aromatic heterocycles. The van der Waals surface area contributed by atoms with Crippen LogP contribution in [-0.4, -0.2) is 74.1 Å². The van der Waals surface area contributed by atoms with Gasteiger partial charge in [0.25, 0.3) is 17.7 Å². The van der Waals surface area contributed by atoms with Gasteiger partial charge in [-0.25, -0.2) is 18.1 Å². The summed E-state index contributed by atoms with van der Waals surface area (Å²) in [5.74, 6) is -2.29. The Kier molecular flexibility index (Phi) is 7.26. The molecular weight excluding hydrogens is 534 g/mol. The monoisotopic (exact) mass is 561 g/mol. The fourth-order valence-electron chi connectivity index (χ4n) is 4.74. The van der Waals surface area contributed by atoms with Gasteiger partial charge in [0.05, 0.1) is 27.3 Å². The number of benzene rings is 3. The normalized spacial score (nSPS) is 15.8. The van der Waals surface area contributed by atoms with Gasteiger partial charge in [0, 0.05) is 26.2 Å². The summed E-state index contributed by atoms with van der Waals surface area (Å²) in [5.41, 5.74) is 2.47. The highest BCUT2D eigenvalue weighted by atomic mass is 32.2. The lowest BCUT2D eigenvalue weighted by Crippen LogP contribution is -2.51. The molecule has 5 rings (SSSR count). The Morgan fingerprint density at radius 2 is 1.48 bits per heavy atom. The van der Waals surface area contributed by atoms with E-state index in [4.69, 9.17) is 4.74 Å². The van der Waals surface area contributed by atoms with Gasteiger partial charge in [-0.1, -0.05) is 35.9 Å². The molecule has 3 aromatic rings. The standard InChI is InChI=1S/C29H27N3O7S/c1-19-7-10-22(11-8-19)40(37,38)31-15-13-30(14-16-31)26(33)18-39-29(36)21-9-12-23-24(17-21)28(35)32(27(23)34)25-6-4-3-5-20(25)2/h3-12,17H,13-16,18H2,1-2H3. The van der Waals surface area contributed by atoms with Crippen LogP contribution < -0.4 is 4.90 Å². The summed E-state index contributed by atoms with van der Waals surface area (Å²) >= 11 is 0. The third-order valence-electron chi connectivity index (χ3n) is 7.06. The summed E-state index contributed by atoms with van der Waals surface area (Å²) in [4.78, 5) is 54.1. The fourth-order valence-corrected chi connectivity index (χ4v) is 6.16. The van der Waals surface area contributed by atoms with Crippen molar-refractivity contribution in [2.75, 3.05) is 37.7 Å². The first-order valence-electron chi connectivity index (χ1n) is 12.7. The van der Waals surface area contributed by atoms with E-state index in [9.17, 15) is 27.6 Å². The molecule has 2 aliphatic rings. The van der Waals surface area contributed by atoms with Crippen molar-refractivity contribution in [1.29, 1.82) is 0 Å². The Bertz CT molecular complexity index is 1630. The third kappa shape index (κ3) is 5.01. The average Bonchev–Trinajstić information content (AvgIpc) is 3.20. The molecule has 0 saturated carbocycles. The molecule has 0 atom stereocenters. The van der Waals surface area contributed by atoms with Gasteiger partial charge in [0.1, 0.15) is 0 Å². The van der Waals surface area contributed by atoms with Crippen molar-refractivity contribution < 1.29 is 32.3 Å². The molecule has 0 bridgehead atoms. The zero-order valence-electron chi connectivity index (χ0n) is 22.0. The maximum Gasteiger partial charge on any atom is 0.338 e. The molecule has 0 aliphatic carbocycles. The number of carbonyl (C=O) groups excluding carboxylic acids is 4. The number of amides is 3. The van der Waals surface area contributed by atoms with E-state index in [1.165, 1.54) is 27.4 Å². The van der Waals surface area contributed by atoms with E-state index in [0.717, 1.165) is 16.0 Å². The van der Waals surface area contributed by atoms with Gasteiger partial charge in [0.15, 0.2) is 6.61 Å². The third-order valence-corrected chi connectivity index (χ3v) is 8.97. The number of sulfonamides is 1. The van der Waals surface area contributed by atoms with Gasteiger partial charge in [-0.2, -0.15) is 4.31 Å².